The summed E-state index contributed by atoms with van der Waals surface area (Å²) in [7, 11) is 0. The van der Waals surface area contributed by atoms with Crippen LogP contribution in [-0.4, -0.2) is 27.2 Å². The number of hydrogen-bond acceptors (Lipinski definition) is 4. The van der Waals surface area contributed by atoms with Crippen molar-refractivity contribution >= 4 is 17.5 Å². The van der Waals surface area contributed by atoms with Crippen molar-refractivity contribution in [2.24, 2.45) is 0 Å². The highest BCUT2D eigenvalue weighted by atomic mass is 35.5. The van der Waals surface area contributed by atoms with Crippen LogP contribution in [0.25, 0.3) is 0 Å². The molecule has 6 nitrogen and oxygen atoms in total. The molecule has 0 unspecified atom stereocenters. The number of aromatic nitrogens is 3. The second-order valence-corrected chi connectivity index (χ2v) is 7.88. The molecule has 1 amide bonds. The van der Waals surface area contributed by atoms with Crippen LogP contribution in [0.2, 0.25) is 5.02 Å². The number of benzene rings is 2. The van der Waals surface area contributed by atoms with Crippen molar-refractivity contribution in [1.82, 2.24) is 20.1 Å². The number of halogens is 1. The molecular formula is C23H25ClN4O2. The average molecular weight is 425 g/mol. The predicted molar refractivity (Wildman–Crippen MR) is 116 cm³/mol. The molecule has 2 heterocycles. The van der Waals surface area contributed by atoms with Crippen LogP contribution < -0.4 is 10.1 Å². The fourth-order valence-electron chi connectivity index (χ4n) is 3.64. The highest BCUT2D eigenvalue weighted by Crippen LogP contribution is 2.17. The molecule has 0 atom stereocenters. The summed E-state index contributed by atoms with van der Waals surface area (Å²) in [5.74, 6) is 2.54. The molecule has 0 saturated carbocycles. The van der Waals surface area contributed by atoms with Crippen molar-refractivity contribution in [3.8, 4) is 5.75 Å². The molecule has 1 aliphatic heterocycles. The monoisotopic (exact) mass is 424 g/mol. The van der Waals surface area contributed by atoms with E-state index < -0.39 is 0 Å². The van der Waals surface area contributed by atoms with Gasteiger partial charge in [0.25, 0.3) is 5.91 Å². The molecule has 0 fully saturated rings. The number of hydrogen-bond donors (Lipinski definition) is 1. The number of nitrogens with zero attached hydrogens (tertiary/aromatic N) is 3. The SMILES string of the molecule is O=C(NCCc1nnc2n1CCCCC2)c1cccc(OCc2cccc(Cl)c2)c1. The first-order valence-electron chi connectivity index (χ1n) is 10.4. The zero-order valence-corrected chi connectivity index (χ0v) is 17.6. The normalized spacial score (nSPS) is 13.4. The molecular weight excluding hydrogens is 400 g/mol. The van der Waals surface area contributed by atoms with Crippen molar-refractivity contribution in [2.45, 2.75) is 45.3 Å². The molecule has 0 saturated heterocycles. The molecule has 0 aliphatic carbocycles. The summed E-state index contributed by atoms with van der Waals surface area (Å²) in [5, 5.41) is 12.3. The lowest BCUT2D eigenvalue weighted by atomic mass is 10.2. The van der Waals surface area contributed by atoms with E-state index in [1.807, 2.05) is 36.4 Å². The Labute approximate surface area is 181 Å². The van der Waals surface area contributed by atoms with E-state index in [0.717, 1.165) is 36.6 Å². The van der Waals surface area contributed by atoms with E-state index in [2.05, 4.69) is 20.1 Å². The largest absolute Gasteiger partial charge is 0.489 e. The minimum Gasteiger partial charge on any atom is -0.489 e. The Bertz CT molecular complexity index is 1020. The highest BCUT2D eigenvalue weighted by molar-refractivity contribution is 6.30. The van der Waals surface area contributed by atoms with Crippen LogP contribution in [0, 0.1) is 0 Å². The maximum atomic E-state index is 12.6. The lowest BCUT2D eigenvalue weighted by molar-refractivity contribution is 0.0953. The summed E-state index contributed by atoms with van der Waals surface area (Å²) in [6.45, 7) is 1.88. The van der Waals surface area contributed by atoms with Gasteiger partial charge in [0.2, 0.25) is 0 Å². The van der Waals surface area contributed by atoms with Crippen LogP contribution in [-0.2, 0) is 26.0 Å². The number of aryl methyl sites for hydroxylation is 1. The summed E-state index contributed by atoms with van der Waals surface area (Å²) in [5.41, 5.74) is 1.54. The maximum absolute atomic E-state index is 12.6. The van der Waals surface area contributed by atoms with Gasteiger partial charge in [-0.25, -0.2) is 0 Å². The standard InChI is InChI=1S/C23H25ClN4O2/c24-19-8-4-6-17(14-19)16-30-20-9-5-7-18(15-20)23(29)25-12-11-22-27-26-21-10-2-1-3-13-28(21)22/h4-9,14-15H,1-3,10-13,16H2,(H,25,29). The van der Waals surface area contributed by atoms with Crippen molar-refractivity contribution < 1.29 is 9.53 Å². The summed E-state index contributed by atoms with van der Waals surface area (Å²) >= 11 is 6.01. The van der Waals surface area contributed by atoms with E-state index in [9.17, 15) is 4.79 Å². The Morgan fingerprint density at radius 3 is 2.90 bits per heavy atom. The maximum Gasteiger partial charge on any atom is 0.251 e. The van der Waals surface area contributed by atoms with Gasteiger partial charge in [-0.2, -0.15) is 0 Å². The third kappa shape index (κ3) is 5.19. The number of fused-ring (bicyclic) bond motifs is 1. The molecule has 0 bridgehead atoms. The summed E-state index contributed by atoms with van der Waals surface area (Å²) < 4.78 is 8.03. The van der Waals surface area contributed by atoms with Gasteiger partial charge in [-0.05, 0) is 48.7 Å². The van der Waals surface area contributed by atoms with Crippen molar-refractivity contribution in [3.05, 3.63) is 76.3 Å². The van der Waals surface area contributed by atoms with Gasteiger partial charge >= 0.3 is 0 Å². The Kier molecular flexibility index (Phi) is 6.64. The van der Waals surface area contributed by atoms with Crippen molar-refractivity contribution in [1.29, 1.82) is 0 Å². The first-order valence-corrected chi connectivity index (χ1v) is 10.7. The number of rotatable bonds is 7. The van der Waals surface area contributed by atoms with Crippen molar-refractivity contribution in [2.75, 3.05) is 6.54 Å². The van der Waals surface area contributed by atoms with E-state index in [1.165, 1.54) is 12.8 Å². The van der Waals surface area contributed by atoms with E-state index in [1.54, 1.807) is 12.1 Å². The van der Waals surface area contributed by atoms with Crippen LogP contribution in [0.1, 0.15) is 46.8 Å². The molecule has 0 radical (unpaired) electrons. The number of ether oxygens (including phenoxy) is 1. The average Bonchev–Trinajstić information content (AvgIpc) is 2.98. The fourth-order valence-corrected chi connectivity index (χ4v) is 3.85. The summed E-state index contributed by atoms with van der Waals surface area (Å²) in [6, 6.07) is 14.7. The number of carbonyl (C=O) groups is 1. The molecule has 1 aliphatic rings. The van der Waals surface area contributed by atoms with Gasteiger partial charge in [-0.15, -0.1) is 10.2 Å². The molecule has 4 rings (SSSR count). The van der Waals surface area contributed by atoms with Crippen LogP contribution in [0.5, 0.6) is 5.75 Å². The molecule has 1 N–H and O–H groups in total. The Balaban J connectivity index is 1.31. The third-order valence-corrected chi connectivity index (χ3v) is 5.45. The minimum atomic E-state index is -0.126. The third-order valence-electron chi connectivity index (χ3n) is 5.21. The van der Waals surface area contributed by atoms with E-state index in [-0.39, 0.29) is 5.91 Å². The molecule has 1 aromatic heterocycles. The quantitative estimate of drug-likeness (QED) is 0.616. The lowest BCUT2D eigenvalue weighted by Crippen LogP contribution is -2.26. The molecule has 30 heavy (non-hydrogen) atoms. The number of nitrogens with one attached hydrogen (secondary N) is 1. The van der Waals surface area contributed by atoms with Gasteiger partial charge in [0, 0.05) is 36.5 Å². The van der Waals surface area contributed by atoms with E-state index in [0.29, 0.717) is 35.9 Å². The van der Waals surface area contributed by atoms with Crippen LogP contribution >= 0.6 is 11.6 Å². The second kappa shape index (κ2) is 9.76. The molecule has 3 aromatic rings. The first-order chi connectivity index (χ1) is 14.7. The number of carbonyl (C=O) groups excluding carboxylic acids is 1. The molecule has 0 spiro atoms. The Morgan fingerprint density at radius 1 is 1.10 bits per heavy atom. The lowest BCUT2D eigenvalue weighted by Gasteiger charge is -2.10. The summed E-state index contributed by atoms with van der Waals surface area (Å²) in [6.07, 6.45) is 5.22. The zero-order valence-electron chi connectivity index (χ0n) is 16.8. The molecule has 156 valence electrons. The first kappa shape index (κ1) is 20.4. The number of amides is 1. The smallest absolute Gasteiger partial charge is 0.251 e. The Morgan fingerprint density at radius 2 is 2.00 bits per heavy atom. The Hall–Kier alpha value is -2.86. The molecule has 2 aromatic carbocycles. The topological polar surface area (TPSA) is 69.0 Å². The van der Waals surface area contributed by atoms with E-state index >= 15 is 0 Å². The summed E-state index contributed by atoms with van der Waals surface area (Å²) in [4.78, 5) is 12.6. The van der Waals surface area contributed by atoms with Crippen LogP contribution in [0.15, 0.2) is 48.5 Å². The van der Waals surface area contributed by atoms with Gasteiger partial charge in [-0.3, -0.25) is 4.79 Å². The fraction of sp³-hybridized carbons (Fsp3) is 0.348. The predicted octanol–water partition coefficient (Wildman–Crippen LogP) is 4.21. The van der Waals surface area contributed by atoms with Gasteiger partial charge in [0.05, 0.1) is 0 Å². The highest BCUT2D eigenvalue weighted by Gasteiger charge is 2.15. The minimum absolute atomic E-state index is 0.126. The van der Waals surface area contributed by atoms with Gasteiger partial charge in [0.15, 0.2) is 0 Å². The van der Waals surface area contributed by atoms with Crippen LogP contribution in [0.4, 0.5) is 0 Å². The van der Waals surface area contributed by atoms with E-state index in [4.69, 9.17) is 16.3 Å². The van der Waals surface area contributed by atoms with Gasteiger partial charge in [-0.1, -0.05) is 36.2 Å². The van der Waals surface area contributed by atoms with Gasteiger partial charge in [0.1, 0.15) is 24.0 Å². The second-order valence-electron chi connectivity index (χ2n) is 7.45. The zero-order chi connectivity index (χ0) is 20.8. The molecule has 7 heteroatoms. The van der Waals surface area contributed by atoms with Crippen molar-refractivity contribution in [3.63, 3.8) is 0 Å². The van der Waals surface area contributed by atoms with Crippen LogP contribution in [0.3, 0.4) is 0 Å². The van der Waals surface area contributed by atoms with Gasteiger partial charge < -0.3 is 14.6 Å².